The van der Waals surface area contributed by atoms with E-state index < -0.39 is 11.6 Å². The van der Waals surface area contributed by atoms with Gasteiger partial charge in [0.05, 0.1) is 6.61 Å². The highest BCUT2D eigenvalue weighted by molar-refractivity contribution is 5.39. The van der Waals surface area contributed by atoms with Gasteiger partial charge in [0.15, 0.2) is 17.5 Å². The molecule has 94 valence electrons. The second-order valence-electron chi connectivity index (χ2n) is 3.42. The van der Waals surface area contributed by atoms with Gasteiger partial charge in [0.25, 0.3) is 5.88 Å². The normalized spacial score (nSPS) is 10.1. The van der Waals surface area contributed by atoms with Crippen molar-refractivity contribution >= 4 is 5.82 Å². The molecule has 17 heavy (non-hydrogen) atoms. The van der Waals surface area contributed by atoms with Gasteiger partial charge in [0.2, 0.25) is 0 Å². The molecular formula is C12H16F2N2O. The fraction of sp³-hybridized carbons (Fsp3) is 0.417. The lowest BCUT2D eigenvalue weighted by atomic mass is 10.3. The monoisotopic (exact) mass is 242 g/mol. The highest BCUT2D eigenvalue weighted by atomic mass is 19.1. The van der Waals surface area contributed by atoms with Gasteiger partial charge in [-0.25, -0.2) is 8.78 Å². The Kier molecular flexibility index (Phi) is 5.39. The second-order valence-corrected chi connectivity index (χ2v) is 3.42. The molecule has 1 N–H and O–H groups in total. The standard InChI is InChI=1S/C12H16F2N2O/c1-3-5-6-7-17-12-10(14)8-9(13)11(16-12)15-4-2/h3,8H,1,4-7H2,2H3,(H,15,16). The number of hydrogen-bond acceptors (Lipinski definition) is 3. The van der Waals surface area contributed by atoms with Crippen LogP contribution in [0.5, 0.6) is 5.88 Å². The molecule has 0 aliphatic heterocycles. The Balaban J connectivity index is 2.69. The van der Waals surface area contributed by atoms with E-state index in [9.17, 15) is 8.78 Å². The lowest BCUT2D eigenvalue weighted by Gasteiger charge is -2.09. The maximum absolute atomic E-state index is 13.3. The molecule has 0 saturated carbocycles. The van der Waals surface area contributed by atoms with Crippen LogP contribution in [0.4, 0.5) is 14.6 Å². The molecule has 0 atom stereocenters. The molecule has 1 aromatic heterocycles. The van der Waals surface area contributed by atoms with Crippen molar-refractivity contribution in [2.24, 2.45) is 0 Å². The second kappa shape index (κ2) is 6.83. The Hall–Kier alpha value is -1.65. The summed E-state index contributed by atoms with van der Waals surface area (Å²) in [5, 5.41) is 2.70. The van der Waals surface area contributed by atoms with Gasteiger partial charge in [-0.3, -0.25) is 0 Å². The molecule has 0 aromatic carbocycles. The van der Waals surface area contributed by atoms with Crippen molar-refractivity contribution in [3.05, 3.63) is 30.4 Å². The van der Waals surface area contributed by atoms with Gasteiger partial charge in [-0.05, 0) is 19.8 Å². The summed E-state index contributed by atoms with van der Waals surface area (Å²) in [7, 11) is 0. The van der Waals surface area contributed by atoms with Crippen molar-refractivity contribution in [1.82, 2.24) is 4.98 Å². The van der Waals surface area contributed by atoms with E-state index in [1.54, 1.807) is 13.0 Å². The molecule has 0 aliphatic rings. The lowest BCUT2D eigenvalue weighted by molar-refractivity contribution is 0.283. The number of halogens is 2. The SMILES string of the molecule is C=CCCCOc1nc(NCC)c(F)cc1F. The fourth-order valence-corrected chi connectivity index (χ4v) is 1.24. The number of aromatic nitrogens is 1. The summed E-state index contributed by atoms with van der Waals surface area (Å²) in [4.78, 5) is 3.75. The molecule has 0 spiro atoms. The number of allylic oxidation sites excluding steroid dienone is 1. The van der Waals surface area contributed by atoms with Gasteiger partial charge < -0.3 is 10.1 Å². The largest absolute Gasteiger partial charge is 0.476 e. The van der Waals surface area contributed by atoms with Gasteiger partial charge in [-0.2, -0.15) is 4.98 Å². The van der Waals surface area contributed by atoms with Crippen LogP contribution in [0, 0.1) is 11.6 Å². The third-order valence-corrected chi connectivity index (χ3v) is 2.03. The molecule has 0 unspecified atom stereocenters. The molecule has 3 nitrogen and oxygen atoms in total. The molecule has 0 amide bonds. The van der Waals surface area contributed by atoms with Crippen LogP contribution in [-0.4, -0.2) is 18.1 Å². The zero-order chi connectivity index (χ0) is 12.7. The van der Waals surface area contributed by atoms with Gasteiger partial charge in [0.1, 0.15) is 0 Å². The number of hydrogen-bond donors (Lipinski definition) is 1. The lowest BCUT2D eigenvalue weighted by Crippen LogP contribution is -2.07. The minimum absolute atomic E-state index is 0.00706. The van der Waals surface area contributed by atoms with E-state index in [0.717, 1.165) is 18.9 Å². The minimum Gasteiger partial charge on any atom is -0.476 e. The Morgan fingerprint density at radius 2 is 2.24 bits per heavy atom. The van der Waals surface area contributed by atoms with Crippen LogP contribution in [0.25, 0.3) is 0 Å². The van der Waals surface area contributed by atoms with Crippen molar-refractivity contribution in [1.29, 1.82) is 0 Å². The van der Waals surface area contributed by atoms with E-state index in [4.69, 9.17) is 4.74 Å². The molecule has 1 aromatic rings. The third-order valence-electron chi connectivity index (χ3n) is 2.03. The van der Waals surface area contributed by atoms with E-state index in [0.29, 0.717) is 13.2 Å². The van der Waals surface area contributed by atoms with Crippen LogP contribution >= 0.6 is 0 Å². The molecule has 0 radical (unpaired) electrons. The first-order chi connectivity index (χ1) is 8.19. The fourth-order valence-electron chi connectivity index (χ4n) is 1.24. The average Bonchev–Trinajstić information content (AvgIpc) is 2.30. The zero-order valence-electron chi connectivity index (χ0n) is 9.80. The van der Waals surface area contributed by atoms with Crippen molar-refractivity contribution in [3.8, 4) is 5.88 Å². The van der Waals surface area contributed by atoms with Crippen LogP contribution < -0.4 is 10.1 Å². The highest BCUT2D eigenvalue weighted by Gasteiger charge is 2.12. The summed E-state index contributed by atoms with van der Waals surface area (Å²) >= 11 is 0. The Labute approximate surface area is 99.5 Å². The number of nitrogens with one attached hydrogen (secondary N) is 1. The van der Waals surface area contributed by atoms with Crippen molar-refractivity contribution < 1.29 is 13.5 Å². The maximum atomic E-state index is 13.3. The Morgan fingerprint density at radius 1 is 1.47 bits per heavy atom. The zero-order valence-corrected chi connectivity index (χ0v) is 9.80. The Morgan fingerprint density at radius 3 is 2.88 bits per heavy atom. The van der Waals surface area contributed by atoms with Gasteiger partial charge >= 0.3 is 0 Å². The molecule has 0 saturated heterocycles. The number of nitrogens with zero attached hydrogens (tertiary/aromatic N) is 1. The number of rotatable bonds is 7. The van der Waals surface area contributed by atoms with Crippen LogP contribution in [0.15, 0.2) is 18.7 Å². The summed E-state index contributed by atoms with van der Waals surface area (Å²) in [6, 6.07) is 0.772. The molecule has 1 rings (SSSR count). The molecule has 1 heterocycles. The maximum Gasteiger partial charge on any atom is 0.252 e. The van der Waals surface area contributed by atoms with E-state index in [1.807, 2.05) is 0 Å². The van der Waals surface area contributed by atoms with Crippen molar-refractivity contribution in [2.45, 2.75) is 19.8 Å². The van der Waals surface area contributed by atoms with Gasteiger partial charge in [-0.15, -0.1) is 6.58 Å². The quantitative estimate of drug-likeness (QED) is 0.589. The first kappa shape index (κ1) is 13.4. The van der Waals surface area contributed by atoms with Gasteiger partial charge in [0, 0.05) is 12.6 Å². The van der Waals surface area contributed by atoms with Gasteiger partial charge in [-0.1, -0.05) is 6.08 Å². The van der Waals surface area contributed by atoms with Crippen LogP contribution in [0.2, 0.25) is 0 Å². The molecular weight excluding hydrogens is 226 g/mol. The summed E-state index contributed by atoms with van der Waals surface area (Å²) in [5.41, 5.74) is 0. The molecule has 0 bridgehead atoms. The average molecular weight is 242 g/mol. The van der Waals surface area contributed by atoms with Crippen molar-refractivity contribution in [2.75, 3.05) is 18.5 Å². The van der Waals surface area contributed by atoms with E-state index in [1.165, 1.54) is 0 Å². The van der Waals surface area contributed by atoms with Crippen LogP contribution in [-0.2, 0) is 0 Å². The van der Waals surface area contributed by atoms with E-state index in [2.05, 4.69) is 16.9 Å². The van der Waals surface area contributed by atoms with E-state index in [-0.39, 0.29) is 11.7 Å². The number of anilines is 1. The first-order valence-corrected chi connectivity index (χ1v) is 5.52. The predicted octanol–water partition coefficient (Wildman–Crippen LogP) is 3.14. The molecule has 0 fully saturated rings. The Bertz CT molecular complexity index is 383. The first-order valence-electron chi connectivity index (χ1n) is 5.52. The summed E-state index contributed by atoms with van der Waals surface area (Å²) in [6.07, 6.45) is 3.25. The van der Waals surface area contributed by atoms with Crippen molar-refractivity contribution in [3.63, 3.8) is 0 Å². The number of ether oxygens (including phenoxy) is 1. The van der Waals surface area contributed by atoms with Crippen LogP contribution in [0.3, 0.4) is 0 Å². The number of unbranched alkanes of at least 4 members (excludes halogenated alkanes) is 1. The third kappa shape index (κ3) is 4.01. The minimum atomic E-state index is -0.789. The summed E-state index contributed by atoms with van der Waals surface area (Å²) in [5.74, 6) is -1.68. The molecule has 0 aliphatic carbocycles. The van der Waals surface area contributed by atoms with E-state index >= 15 is 0 Å². The molecule has 5 heteroatoms. The topological polar surface area (TPSA) is 34.1 Å². The number of pyridine rings is 1. The summed E-state index contributed by atoms with van der Waals surface area (Å²) < 4.78 is 31.7. The summed E-state index contributed by atoms with van der Waals surface area (Å²) in [6.45, 7) is 6.20. The highest BCUT2D eigenvalue weighted by Crippen LogP contribution is 2.20. The predicted molar refractivity (Wildman–Crippen MR) is 63.2 cm³/mol. The van der Waals surface area contributed by atoms with Crippen LogP contribution in [0.1, 0.15) is 19.8 Å². The smallest absolute Gasteiger partial charge is 0.252 e.